The van der Waals surface area contributed by atoms with Crippen molar-refractivity contribution < 1.29 is 27.8 Å². The van der Waals surface area contributed by atoms with Crippen LogP contribution in [-0.2, 0) is 15.6 Å². The molecule has 11 heteroatoms. The summed E-state index contributed by atoms with van der Waals surface area (Å²) in [5.41, 5.74) is -0.331. The topological polar surface area (TPSA) is 71.0 Å². The normalized spacial score (nSPS) is 22.2. The zero-order valence-electron chi connectivity index (χ0n) is 22.3. The van der Waals surface area contributed by atoms with E-state index in [0.29, 0.717) is 34.4 Å². The number of piperidine rings is 1. The summed E-state index contributed by atoms with van der Waals surface area (Å²) in [7, 11) is -2.36. The average molecular weight is 632 g/mol. The van der Waals surface area contributed by atoms with Gasteiger partial charge in [-0.3, -0.25) is 4.79 Å². The number of carbonyl (C=O) groups excluding carboxylic acids is 1. The van der Waals surface area contributed by atoms with Crippen LogP contribution in [0.3, 0.4) is 0 Å². The quantitative estimate of drug-likeness (QED) is 0.348. The second-order valence-electron chi connectivity index (χ2n) is 11.6. The van der Waals surface area contributed by atoms with Gasteiger partial charge in [-0.25, -0.2) is 8.78 Å². The highest BCUT2D eigenvalue weighted by Crippen LogP contribution is 2.42. The number of fused-ring (bicyclic) bond motifs is 1. The first-order valence-corrected chi connectivity index (χ1v) is 16.7. The lowest BCUT2D eigenvalue weighted by molar-refractivity contribution is -0.116. The highest BCUT2D eigenvalue weighted by molar-refractivity contribution is 9.10. The van der Waals surface area contributed by atoms with Gasteiger partial charge < -0.3 is 24.5 Å². The van der Waals surface area contributed by atoms with E-state index in [1.54, 1.807) is 6.07 Å². The summed E-state index contributed by atoms with van der Waals surface area (Å²) >= 11 is 9.46. The first kappa shape index (κ1) is 29.3. The SMILES string of the molecule is CC(C)(C)[Si](C)(C)OC1CN(c2c(F)cc(Cl)cc2Br)CCC1(O)COc1ccc(F)c2c1CCC(=O)N2. The van der Waals surface area contributed by atoms with E-state index in [-0.39, 0.29) is 47.6 Å². The van der Waals surface area contributed by atoms with Crippen LogP contribution in [0.1, 0.15) is 39.2 Å². The van der Waals surface area contributed by atoms with Gasteiger partial charge in [-0.2, -0.15) is 0 Å². The van der Waals surface area contributed by atoms with Crippen LogP contribution in [0.5, 0.6) is 5.75 Å². The second kappa shape index (κ2) is 10.7. The monoisotopic (exact) mass is 630 g/mol. The summed E-state index contributed by atoms with van der Waals surface area (Å²) in [6.07, 6.45) is 0.134. The number of ether oxygens (including phenoxy) is 1. The lowest BCUT2D eigenvalue weighted by atomic mass is 9.89. The van der Waals surface area contributed by atoms with Gasteiger partial charge in [0.2, 0.25) is 5.91 Å². The van der Waals surface area contributed by atoms with Gasteiger partial charge in [0, 0.05) is 34.6 Å². The Morgan fingerprint density at radius 1 is 1.24 bits per heavy atom. The number of nitrogens with one attached hydrogen (secondary N) is 1. The Balaban J connectivity index is 1.63. The number of halogens is 4. The van der Waals surface area contributed by atoms with Crippen LogP contribution >= 0.6 is 27.5 Å². The molecule has 2 heterocycles. The molecule has 0 aromatic heterocycles. The van der Waals surface area contributed by atoms with Crippen LogP contribution in [0.2, 0.25) is 23.2 Å². The van der Waals surface area contributed by atoms with Gasteiger partial charge >= 0.3 is 0 Å². The Labute approximate surface area is 236 Å². The molecule has 2 atom stereocenters. The lowest BCUT2D eigenvalue weighted by Crippen LogP contribution is -2.63. The molecule has 1 saturated heterocycles. The Kier molecular flexibility index (Phi) is 8.23. The summed E-state index contributed by atoms with van der Waals surface area (Å²) in [5, 5.41) is 14.7. The molecule has 1 amide bonds. The van der Waals surface area contributed by atoms with E-state index in [4.69, 9.17) is 20.8 Å². The molecule has 0 saturated carbocycles. The molecule has 0 spiro atoms. The van der Waals surface area contributed by atoms with Crippen LogP contribution in [0.15, 0.2) is 28.7 Å². The number of rotatable bonds is 6. The number of anilines is 2. The van der Waals surface area contributed by atoms with Crippen molar-refractivity contribution in [3.05, 3.63) is 51.0 Å². The summed E-state index contributed by atoms with van der Waals surface area (Å²) < 4.78 is 42.7. The van der Waals surface area contributed by atoms with Crippen molar-refractivity contribution in [2.75, 3.05) is 29.9 Å². The second-order valence-corrected chi connectivity index (χ2v) is 17.7. The minimum absolute atomic E-state index is 0.101. The summed E-state index contributed by atoms with van der Waals surface area (Å²) in [6.45, 7) is 11.0. The third-order valence-electron chi connectivity index (χ3n) is 7.90. The van der Waals surface area contributed by atoms with Crippen LogP contribution < -0.4 is 15.0 Å². The predicted octanol–water partition coefficient (Wildman–Crippen LogP) is 6.68. The highest BCUT2D eigenvalue weighted by Gasteiger charge is 2.49. The van der Waals surface area contributed by atoms with Crippen LogP contribution in [0, 0.1) is 11.6 Å². The number of hydrogen-bond acceptors (Lipinski definition) is 5. The summed E-state index contributed by atoms with van der Waals surface area (Å²) in [5.74, 6) is -0.822. The molecule has 1 fully saturated rings. The molecule has 4 rings (SSSR count). The largest absolute Gasteiger partial charge is 0.490 e. The molecule has 2 aliphatic rings. The van der Waals surface area contributed by atoms with Crippen molar-refractivity contribution in [3.8, 4) is 5.75 Å². The fourth-order valence-corrected chi connectivity index (χ4v) is 6.98. The number of nitrogens with zero attached hydrogens (tertiary/aromatic N) is 1. The molecule has 2 N–H and O–H groups in total. The zero-order valence-corrected chi connectivity index (χ0v) is 25.6. The third kappa shape index (κ3) is 5.89. The Morgan fingerprint density at radius 3 is 2.61 bits per heavy atom. The summed E-state index contributed by atoms with van der Waals surface area (Å²) in [6, 6.07) is 5.68. The average Bonchev–Trinajstić information content (AvgIpc) is 2.79. The van der Waals surface area contributed by atoms with Crippen molar-refractivity contribution in [2.24, 2.45) is 0 Å². The lowest BCUT2D eigenvalue weighted by Gasteiger charge is -2.49. The van der Waals surface area contributed by atoms with Gasteiger partial charge in [0.05, 0.1) is 17.5 Å². The number of aliphatic hydroxyl groups is 1. The number of hydrogen-bond donors (Lipinski definition) is 2. The zero-order chi connectivity index (χ0) is 28.0. The van der Waals surface area contributed by atoms with E-state index >= 15 is 0 Å². The summed E-state index contributed by atoms with van der Waals surface area (Å²) in [4.78, 5) is 13.7. The maximum absolute atomic E-state index is 15.0. The Morgan fingerprint density at radius 2 is 1.95 bits per heavy atom. The molecular weight excluding hydrogens is 598 g/mol. The van der Waals surface area contributed by atoms with E-state index in [0.717, 1.165) is 0 Å². The van der Waals surface area contributed by atoms with E-state index < -0.39 is 31.7 Å². The molecule has 2 aromatic rings. The van der Waals surface area contributed by atoms with E-state index in [9.17, 15) is 18.7 Å². The van der Waals surface area contributed by atoms with E-state index in [2.05, 4.69) is 55.1 Å². The minimum Gasteiger partial charge on any atom is -0.490 e. The number of carbonyl (C=O) groups is 1. The molecule has 2 unspecified atom stereocenters. The van der Waals surface area contributed by atoms with Crippen molar-refractivity contribution in [1.82, 2.24) is 0 Å². The maximum atomic E-state index is 15.0. The fraction of sp³-hybridized carbons (Fsp3) is 0.519. The molecule has 0 radical (unpaired) electrons. The van der Waals surface area contributed by atoms with Crippen LogP contribution in [0.4, 0.5) is 20.2 Å². The molecule has 2 aromatic carbocycles. The number of amides is 1. The maximum Gasteiger partial charge on any atom is 0.224 e. The van der Waals surface area contributed by atoms with Crippen LogP contribution in [-0.4, -0.2) is 50.7 Å². The molecule has 2 aliphatic heterocycles. The van der Waals surface area contributed by atoms with Crippen molar-refractivity contribution >= 4 is 53.1 Å². The van der Waals surface area contributed by atoms with Gasteiger partial charge in [-0.1, -0.05) is 32.4 Å². The standard InChI is InChI=1S/C27H34BrClF2N2O4Si/c1-26(2,3)38(4,5)37-22-14-33(25-18(28)12-16(29)13-20(25)31)11-10-27(22,35)15-36-21-8-7-19(30)24-17(21)6-9-23(34)32-24/h7-8,12-13,22,35H,6,9-11,14-15H2,1-5H3,(H,32,34). The first-order valence-electron chi connectivity index (χ1n) is 12.6. The smallest absolute Gasteiger partial charge is 0.224 e. The fourth-order valence-electron chi connectivity index (χ4n) is 4.60. The Hall–Kier alpha value is -1.72. The van der Waals surface area contributed by atoms with E-state index in [1.165, 1.54) is 18.2 Å². The van der Waals surface area contributed by atoms with Gasteiger partial charge in [0.25, 0.3) is 0 Å². The van der Waals surface area contributed by atoms with Crippen molar-refractivity contribution in [3.63, 3.8) is 0 Å². The first-order chi connectivity index (χ1) is 17.6. The van der Waals surface area contributed by atoms with Crippen molar-refractivity contribution in [2.45, 2.75) is 69.9 Å². The molecular formula is C27H34BrClF2N2O4Si. The molecule has 0 aliphatic carbocycles. The molecule has 208 valence electrons. The molecule has 38 heavy (non-hydrogen) atoms. The third-order valence-corrected chi connectivity index (χ3v) is 13.2. The van der Waals surface area contributed by atoms with Crippen molar-refractivity contribution in [1.29, 1.82) is 0 Å². The minimum atomic E-state index is -2.36. The van der Waals surface area contributed by atoms with Gasteiger partial charge in [-0.15, -0.1) is 0 Å². The van der Waals surface area contributed by atoms with Gasteiger partial charge in [0.15, 0.2) is 8.32 Å². The molecule has 6 nitrogen and oxygen atoms in total. The van der Waals surface area contributed by atoms with Crippen LogP contribution in [0.25, 0.3) is 0 Å². The predicted molar refractivity (Wildman–Crippen MR) is 152 cm³/mol. The highest BCUT2D eigenvalue weighted by atomic mass is 79.9. The van der Waals surface area contributed by atoms with Gasteiger partial charge in [-0.05, 0) is 71.2 Å². The number of benzene rings is 2. The van der Waals surface area contributed by atoms with Gasteiger partial charge in [0.1, 0.15) is 29.6 Å². The molecule has 0 bridgehead atoms. The Bertz CT molecular complexity index is 1220. The van der Waals surface area contributed by atoms with E-state index in [1.807, 2.05) is 4.90 Å².